The van der Waals surface area contributed by atoms with Crippen molar-refractivity contribution in [2.75, 3.05) is 6.61 Å². The average molecular weight is 416 g/mol. The van der Waals surface area contributed by atoms with Crippen molar-refractivity contribution in [3.8, 4) is 5.75 Å². The van der Waals surface area contributed by atoms with Crippen LogP contribution in [0.2, 0.25) is 0 Å². The summed E-state index contributed by atoms with van der Waals surface area (Å²) >= 11 is 0. The third-order valence-electron chi connectivity index (χ3n) is 4.79. The molecule has 0 aliphatic rings. The van der Waals surface area contributed by atoms with E-state index in [-0.39, 0.29) is 11.3 Å². The summed E-state index contributed by atoms with van der Waals surface area (Å²) in [5.41, 5.74) is -0.623. The minimum absolute atomic E-state index is 0.270. The summed E-state index contributed by atoms with van der Waals surface area (Å²) in [4.78, 5) is 0. The number of rotatable bonds is 6. The molecule has 0 spiro atoms. The molecule has 0 saturated carbocycles. The highest BCUT2D eigenvalue weighted by atomic mass is 19.4. The van der Waals surface area contributed by atoms with Crippen molar-refractivity contribution in [1.29, 1.82) is 0 Å². The molecule has 1 heterocycles. The molecular formula is C23H23F3N2O2. The molecule has 0 saturated heterocycles. The van der Waals surface area contributed by atoms with Crippen LogP contribution in [0.4, 0.5) is 13.2 Å². The van der Waals surface area contributed by atoms with Gasteiger partial charge in [-0.3, -0.25) is 0 Å². The Morgan fingerprint density at radius 2 is 1.83 bits per heavy atom. The average Bonchev–Trinajstić information content (AvgIpc) is 3.08. The monoisotopic (exact) mass is 416 g/mol. The molecule has 30 heavy (non-hydrogen) atoms. The van der Waals surface area contributed by atoms with Crippen LogP contribution in [-0.4, -0.2) is 27.7 Å². The summed E-state index contributed by atoms with van der Waals surface area (Å²) < 4.78 is 48.6. The summed E-state index contributed by atoms with van der Waals surface area (Å²) in [5.74, 6) is 0.270. The SMILES string of the molecule is C=C(/C=C\C)n1ncc2cc(C(O)(COc3cc(C)cc(C)c3)C(F)(F)F)ccc21. The summed E-state index contributed by atoms with van der Waals surface area (Å²) in [6.45, 7) is 8.39. The van der Waals surface area contributed by atoms with E-state index in [0.717, 1.165) is 11.1 Å². The lowest BCUT2D eigenvalue weighted by atomic mass is 9.93. The zero-order valence-corrected chi connectivity index (χ0v) is 17.0. The second kappa shape index (κ2) is 7.99. The fourth-order valence-corrected chi connectivity index (χ4v) is 3.31. The predicted molar refractivity (Wildman–Crippen MR) is 111 cm³/mol. The van der Waals surface area contributed by atoms with E-state index in [0.29, 0.717) is 16.6 Å². The van der Waals surface area contributed by atoms with Crippen molar-refractivity contribution >= 4 is 16.6 Å². The quantitative estimate of drug-likeness (QED) is 0.538. The molecule has 0 amide bonds. The number of ether oxygens (including phenoxy) is 1. The minimum atomic E-state index is -4.94. The van der Waals surface area contributed by atoms with Gasteiger partial charge in [-0.1, -0.05) is 24.8 Å². The van der Waals surface area contributed by atoms with Gasteiger partial charge in [-0.2, -0.15) is 18.3 Å². The van der Waals surface area contributed by atoms with Crippen LogP contribution in [0.1, 0.15) is 23.6 Å². The first-order valence-electron chi connectivity index (χ1n) is 9.35. The van der Waals surface area contributed by atoms with Gasteiger partial charge in [0, 0.05) is 5.39 Å². The van der Waals surface area contributed by atoms with Gasteiger partial charge in [-0.15, -0.1) is 0 Å². The molecular weight excluding hydrogens is 393 g/mol. The van der Waals surface area contributed by atoms with Crippen molar-refractivity contribution in [2.24, 2.45) is 0 Å². The number of nitrogens with zero attached hydrogens (tertiary/aromatic N) is 2. The van der Waals surface area contributed by atoms with Gasteiger partial charge in [-0.05, 0) is 67.8 Å². The molecule has 4 nitrogen and oxygen atoms in total. The number of hydrogen-bond donors (Lipinski definition) is 1. The van der Waals surface area contributed by atoms with Crippen LogP contribution in [0.25, 0.3) is 16.6 Å². The van der Waals surface area contributed by atoms with Crippen molar-refractivity contribution in [1.82, 2.24) is 9.78 Å². The lowest BCUT2D eigenvalue weighted by Gasteiger charge is -2.31. The highest BCUT2D eigenvalue weighted by Gasteiger charge is 2.56. The van der Waals surface area contributed by atoms with Crippen LogP contribution in [0.15, 0.2) is 61.3 Å². The van der Waals surface area contributed by atoms with E-state index in [4.69, 9.17) is 4.74 Å². The topological polar surface area (TPSA) is 47.3 Å². The highest BCUT2D eigenvalue weighted by molar-refractivity contribution is 5.83. The van der Waals surface area contributed by atoms with Gasteiger partial charge in [0.1, 0.15) is 12.4 Å². The molecule has 1 N–H and O–H groups in total. The number of aromatic nitrogens is 2. The van der Waals surface area contributed by atoms with Gasteiger partial charge >= 0.3 is 6.18 Å². The second-order valence-electron chi connectivity index (χ2n) is 7.29. The molecule has 1 atom stereocenters. The van der Waals surface area contributed by atoms with E-state index in [1.807, 2.05) is 26.8 Å². The van der Waals surface area contributed by atoms with Crippen LogP contribution in [0.3, 0.4) is 0 Å². The predicted octanol–water partition coefficient (Wildman–Crippen LogP) is 5.53. The first-order chi connectivity index (χ1) is 14.0. The molecule has 0 aliphatic heterocycles. The van der Waals surface area contributed by atoms with Gasteiger partial charge in [-0.25, -0.2) is 4.68 Å². The largest absolute Gasteiger partial charge is 0.490 e. The van der Waals surface area contributed by atoms with Crippen molar-refractivity contribution in [3.05, 3.63) is 78.0 Å². The molecule has 0 fully saturated rings. The van der Waals surface area contributed by atoms with E-state index in [9.17, 15) is 18.3 Å². The van der Waals surface area contributed by atoms with Crippen molar-refractivity contribution in [3.63, 3.8) is 0 Å². The van der Waals surface area contributed by atoms with E-state index < -0.39 is 18.4 Å². The Morgan fingerprint density at radius 3 is 2.43 bits per heavy atom. The fourth-order valence-electron chi connectivity index (χ4n) is 3.31. The number of aliphatic hydroxyl groups is 1. The molecule has 0 aliphatic carbocycles. The molecule has 0 radical (unpaired) electrons. The summed E-state index contributed by atoms with van der Waals surface area (Å²) in [6.07, 6.45) is 0.0280. The fraction of sp³-hybridized carbons (Fsp3) is 0.261. The standard InChI is InChI=1S/C23H23F3N2O2/c1-5-6-17(4)28-21-8-7-19(12-18(21)13-27-28)22(29,23(24,25)26)14-30-20-10-15(2)9-16(3)11-20/h5-13,29H,4,14H2,1-3H3/b6-5-. The number of alkyl halides is 3. The lowest BCUT2D eigenvalue weighted by molar-refractivity contribution is -0.275. The van der Waals surface area contributed by atoms with Crippen molar-refractivity contribution in [2.45, 2.75) is 32.5 Å². The van der Waals surface area contributed by atoms with Crippen LogP contribution in [0.5, 0.6) is 5.75 Å². The maximum absolute atomic E-state index is 13.9. The maximum Gasteiger partial charge on any atom is 0.424 e. The maximum atomic E-state index is 13.9. The lowest BCUT2D eigenvalue weighted by Crippen LogP contribution is -2.47. The summed E-state index contributed by atoms with van der Waals surface area (Å²) in [5, 5.41) is 15.3. The second-order valence-corrected chi connectivity index (χ2v) is 7.29. The summed E-state index contributed by atoms with van der Waals surface area (Å²) in [6, 6.07) is 9.14. The molecule has 3 rings (SSSR count). The number of halogens is 3. The Morgan fingerprint density at radius 1 is 1.17 bits per heavy atom. The first-order valence-corrected chi connectivity index (χ1v) is 9.35. The minimum Gasteiger partial charge on any atom is -0.490 e. The van der Waals surface area contributed by atoms with Crippen LogP contribution < -0.4 is 4.74 Å². The molecule has 2 aromatic carbocycles. The normalized spacial score (nSPS) is 14.2. The number of fused-ring (bicyclic) bond motifs is 1. The highest BCUT2D eigenvalue weighted by Crippen LogP contribution is 2.40. The Labute approximate surface area is 172 Å². The molecule has 1 aromatic heterocycles. The molecule has 158 valence electrons. The zero-order valence-electron chi connectivity index (χ0n) is 17.0. The van der Waals surface area contributed by atoms with E-state index >= 15 is 0 Å². The number of hydrogen-bond acceptors (Lipinski definition) is 3. The van der Waals surface area contributed by atoms with Crippen molar-refractivity contribution < 1.29 is 23.0 Å². The Balaban J connectivity index is 1.98. The van der Waals surface area contributed by atoms with E-state index in [1.54, 1.807) is 24.3 Å². The first kappa shape index (κ1) is 21.6. The van der Waals surface area contributed by atoms with Gasteiger partial charge in [0.05, 0.1) is 17.4 Å². The van der Waals surface area contributed by atoms with Gasteiger partial charge in [0.2, 0.25) is 5.60 Å². The molecule has 7 heteroatoms. The van der Waals surface area contributed by atoms with Crippen LogP contribution >= 0.6 is 0 Å². The van der Waals surface area contributed by atoms with Crippen LogP contribution in [-0.2, 0) is 5.60 Å². The van der Waals surface area contributed by atoms with Crippen LogP contribution in [0, 0.1) is 13.8 Å². The van der Waals surface area contributed by atoms with Gasteiger partial charge < -0.3 is 9.84 Å². The smallest absolute Gasteiger partial charge is 0.424 e. The van der Waals surface area contributed by atoms with E-state index in [2.05, 4.69) is 11.7 Å². The van der Waals surface area contributed by atoms with Gasteiger partial charge in [0.15, 0.2) is 0 Å². The Hall–Kier alpha value is -3.06. The summed E-state index contributed by atoms with van der Waals surface area (Å²) in [7, 11) is 0. The van der Waals surface area contributed by atoms with E-state index in [1.165, 1.54) is 29.1 Å². The Kier molecular flexibility index (Phi) is 5.76. The third-order valence-corrected chi connectivity index (χ3v) is 4.79. The number of allylic oxidation sites excluding steroid dienone is 3. The van der Waals surface area contributed by atoms with Gasteiger partial charge in [0.25, 0.3) is 0 Å². The number of aryl methyl sites for hydroxylation is 2. The Bertz CT molecular complexity index is 1100. The third kappa shape index (κ3) is 4.11. The molecule has 3 aromatic rings. The molecule has 0 bridgehead atoms. The number of benzene rings is 2. The molecule has 1 unspecified atom stereocenters. The zero-order chi connectivity index (χ0) is 22.1.